The van der Waals surface area contributed by atoms with E-state index in [0.29, 0.717) is 17.7 Å². The van der Waals surface area contributed by atoms with Crippen LogP contribution in [0.3, 0.4) is 0 Å². The predicted molar refractivity (Wildman–Crippen MR) is 145 cm³/mol. The van der Waals surface area contributed by atoms with E-state index in [4.69, 9.17) is 14.7 Å². The summed E-state index contributed by atoms with van der Waals surface area (Å²) in [4.78, 5) is 31.2. The van der Waals surface area contributed by atoms with Gasteiger partial charge in [-0.2, -0.15) is 0 Å². The number of nitrogens with zero attached hydrogens (tertiary/aromatic N) is 1. The number of carbonyl (C=O) groups is 2. The SMILES string of the molecule is CCCCCCCCCCC/C(=N\OC(C)=O)C(=O)c1ccc(Sc2ccc(OCCO)cc2)cc1. The van der Waals surface area contributed by atoms with Crippen LogP contribution in [0.15, 0.2) is 63.5 Å². The maximum Gasteiger partial charge on any atom is 0.331 e. The molecule has 0 unspecified atom stereocenters. The number of Topliss-reactive ketones (excluding diaryl/α,β-unsaturated/α-hetero) is 1. The average molecular weight is 514 g/mol. The standard InChI is InChI=1S/C29H39NO5S/c1-3-4-5-6-7-8-9-10-11-12-28(30-35-23(2)32)29(33)24-13-17-26(18-14-24)36-27-19-15-25(16-20-27)34-22-21-31/h13-20,31H,3-12,21-22H2,1-2H3/b30-28+. The molecule has 0 bridgehead atoms. The first kappa shape index (κ1) is 29.6. The number of oxime groups is 1. The third-order valence-electron chi connectivity index (χ3n) is 5.60. The zero-order valence-electron chi connectivity index (χ0n) is 21.5. The normalized spacial score (nSPS) is 11.4. The van der Waals surface area contributed by atoms with Gasteiger partial charge in [0.1, 0.15) is 18.1 Å². The lowest BCUT2D eigenvalue weighted by Gasteiger charge is -2.08. The van der Waals surface area contributed by atoms with Crippen LogP contribution >= 0.6 is 11.8 Å². The Morgan fingerprint density at radius 1 is 0.833 bits per heavy atom. The number of aliphatic hydroxyl groups is 1. The van der Waals surface area contributed by atoms with Gasteiger partial charge in [0.25, 0.3) is 0 Å². The van der Waals surface area contributed by atoms with Gasteiger partial charge >= 0.3 is 5.97 Å². The zero-order valence-corrected chi connectivity index (χ0v) is 22.4. The van der Waals surface area contributed by atoms with Crippen molar-refractivity contribution in [2.24, 2.45) is 5.16 Å². The molecule has 0 saturated carbocycles. The Morgan fingerprint density at radius 3 is 1.94 bits per heavy atom. The third-order valence-corrected chi connectivity index (χ3v) is 6.62. The molecular formula is C29H39NO5S. The van der Waals surface area contributed by atoms with E-state index in [0.717, 1.165) is 29.1 Å². The summed E-state index contributed by atoms with van der Waals surface area (Å²) in [5, 5.41) is 12.7. The molecule has 0 saturated heterocycles. The topological polar surface area (TPSA) is 85.2 Å². The van der Waals surface area contributed by atoms with Crippen molar-refractivity contribution in [2.45, 2.75) is 87.8 Å². The molecule has 0 atom stereocenters. The third kappa shape index (κ3) is 11.9. The minimum Gasteiger partial charge on any atom is -0.491 e. The van der Waals surface area contributed by atoms with Gasteiger partial charge in [-0.15, -0.1) is 0 Å². The van der Waals surface area contributed by atoms with Crippen molar-refractivity contribution in [3.63, 3.8) is 0 Å². The quantitative estimate of drug-likeness (QED) is 0.0744. The van der Waals surface area contributed by atoms with Gasteiger partial charge in [-0.25, -0.2) is 4.79 Å². The van der Waals surface area contributed by atoms with E-state index in [1.165, 1.54) is 45.4 Å². The summed E-state index contributed by atoms with van der Waals surface area (Å²) in [5.41, 5.74) is 0.806. The Balaban J connectivity index is 1.88. The number of rotatable bonds is 18. The van der Waals surface area contributed by atoms with Gasteiger partial charge in [-0.3, -0.25) is 4.79 Å². The molecule has 0 heterocycles. The molecule has 0 aromatic heterocycles. The van der Waals surface area contributed by atoms with Crippen LogP contribution in [0, 0.1) is 0 Å². The van der Waals surface area contributed by atoms with Crippen LogP contribution in [0.2, 0.25) is 0 Å². The zero-order chi connectivity index (χ0) is 26.0. The van der Waals surface area contributed by atoms with Crippen LogP contribution in [0.1, 0.15) is 88.4 Å². The van der Waals surface area contributed by atoms with Gasteiger partial charge in [0.05, 0.1) is 6.61 Å². The maximum atomic E-state index is 13.1. The lowest BCUT2D eigenvalue weighted by atomic mass is 10.0. The Morgan fingerprint density at radius 2 is 1.39 bits per heavy atom. The molecular weight excluding hydrogens is 474 g/mol. The molecule has 6 nitrogen and oxygen atoms in total. The smallest absolute Gasteiger partial charge is 0.331 e. The Hall–Kier alpha value is -2.64. The molecule has 36 heavy (non-hydrogen) atoms. The highest BCUT2D eigenvalue weighted by Gasteiger charge is 2.16. The van der Waals surface area contributed by atoms with Gasteiger partial charge in [0.2, 0.25) is 5.78 Å². The second kappa shape index (κ2) is 17.7. The summed E-state index contributed by atoms with van der Waals surface area (Å²) in [6.07, 6.45) is 11.2. The lowest BCUT2D eigenvalue weighted by Crippen LogP contribution is -2.16. The van der Waals surface area contributed by atoms with E-state index in [2.05, 4.69) is 12.1 Å². The van der Waals surface area contributed by atoms with Crippen molar-refractivity contribution in [3.05, 3.63) is 54.1 Å². The highest BCUT2D eigenvalue weighted by atomic mass is 32.2. The number of aliphatic hydroxyl groups excluding tert-OH is 1. The molecule has 0 fully saturated rings. The first-order valence-corrected chi connectivity index (χ1v) is 13.8. The summed E-state index contributed by atoms with van der Waals surface area (Å²) in [6.45, 7) is 3.75. The van der Waals surface area contributed by atoms with E-state index >= 15 is 0 Å². The molecule has 7 heteroatoms. The Bertz CT molecular complexity index is 941. The van der Waals surface area contributed by atoms with Crippen LogP contribution in [0.5, 0.6) is 5.75 Å². The minimum absolute atomic E-state index is 0.0198. The van der Waals surface area contributed by atoms with Gasteiger partial charge in [0, 0.05) is 22.3 Å². The second-order valence-electron chi connectivity index (χ2n) is 8.70. The molecule has 2 aromatic carbocycles. The number of unbranched alkanes of at least 4 members (excludes halogenated alkanes) is 8. The largest absolute Gasteiger partial charge is 0.491 e. The van der Waals surface area contributed by atoms with E-state index in [1.807, 2.05) is 36.4 Å². The molecule has 0 aliphatic rings. The maximum absolute atomic E-state index is 13.1. The first-order valence-electron chi connectivity index (χ1n) is 12.9. The number of carbonyl (C=O) groups excluding carboxylic acids is 2. The van der Waals surface area contributed by atoms with E-state index in [-0.39, 0.29) is 24.7 Å². The summed E-state index contributed by atoms with van der Waals surface area (Å²) in [7, 11) is 0. The molecule has 1 N–H and O–H groups in total. The summed E-state index contributed by atoms with van der Waals surface area (Å²) in [5.74, 6) is -0.0365. The highest BCUT2D eigenvalue weighted by molar-refractivity contribution is 7.99. The van der Waals surface area contributed by atoms with Crippen molar-refractivity contribution in [3.8, 4) is 5.75 Å². The van der Waals surface area contributed by atoms with Gasteiger partial charge in [-0.05, 0) is 61.4 Å². The number of hydrogen-bond donors (Lipinski definition) is 1. The fourth-order valence-electron chi connectivity index (χ4n) is 3.67. The van der Waals surface area contributed by atoms with Crippen LogP contribution < -0.4 is 4.74 Å². The van der Waals surface area contributed by atoms with Crippen LogP contribution in [0.25, 0.3) is 0 Å². The molecule has 2 aromatic rings. The highest BCUT2D eigenvalue weighted by Crippen LogP contribution is 2.29. The summed E-state index contributed by atoms with van der Waals surface area (Å²) < 4.78 is 5.39. The van der Waals surface area contributed by atoms with Crippen LogP contribution in [0.4, 0.5) is 0 Å². The summed E-state index contributed by atoms with van der Waals surface area (Å²) in [6, 6.07) is 15.0. The van der Waals surface area contributed by atoms with Gasteiger partial charge < -0.3 is 14.7 Å². The van der Waals surface area contributed by atoms with Gasteiger partial charge in [0.15, 0.2) is 0 Å². The number of benzene rings is 2. The van der Waals surface area contributed by atoms with E-state index in [9.17, 15) is 9.59 Å². The van der Waals surface area contributed by atoms with E-state index in [1.54, 1.807) is 23.9 Å². The Kier molecular flexibility index (Phi) is 14.6. The minimum atomic E-state index is -0.535. The van der Waals surface area contributed by atoms with Crippen molar-refractivity contribution in [1.82, 2.24) is 0 Å². The van der Waals surface area contributed by atoms with Crippen molar-refractivity contribution in [2.75, 3.05) is 13.2 Å². The molecule has 0 aliphatic carbocycles. The van der Waals surface area contributed by atoms with Crippen LogP contribution in [-0.2, 0) is 9.63 Å². The molecule has 196 valence electrons. The molecule has 0 radical (unpaired) electrons. The molecule has 0 amide bonds. The van der Waals surface area contributed by atoms with Gasteiger partial charge in [-0.1, -0.05) is 75.2 Å². The predicted octanol–water partition coefficient (Wildman–Crippen LogP) is 7.23. The first-order chi connectivity index (χ1) is 17.5. The second-order valence-corrected chi connectivity index (χ2v) is 9.85. The summed E-state index contributed by atoms with van der Waals surface area (Å²) >= 11 is 1.57. The number of ether oxygens (including phenoxy) is 1. The molecule has 0 spiro atoms. The van der Waals surface area contributed by atoms with Crippen LogP contribution in [-0.4, -0.2) is 35.8 Å². The van der Waals surface area contributed by atoms with Crippen molar-refractivity contribution in [1.29, 1.82) is 0 Å². The van der Waals surface area contributed by atoms with E-state index < -0.39 is 5.97 Å². The monoisotopic (exact) mass is 513 g/mol. The van der Waals surface area contributed by atoms with Crippen molar-refractivity contribution < 1.29 is 24.3 Å². The molecule has 2 rings (SSSR count). The Labute approximate surface area is 219 Å². The fraction of sp³-hybridized carbons (Fsp3) is 0.483. The van der Waals surface area contributed by atoms with Crippen molar-refractivity contribution >= 4 is 29.2 Å². The average Bonchev–Trinajstić information content (AvgIpc) is 2.89. The number of hydrogen-bond acceptors (Lipinski definition) is 7. The lowest BCUT2D eigenvalue weighted by molar-refractivity contribution is -0.140. The number of ketones is 1. The molecule has 0 aliphatic heterocycles. The fourth-order valence-corrected chi connectivity index (χ4v) is 4.48.